The Morgan fingerprint density at radius 3 is 1.29 bits per heavy atom. The van der Waals surface area contributed by atoms with Gasteiger partial charge in [0, 0.05) is 6.04 Å². The van der Waals surface area contributed by atoms with Crippen molar-refractivity contribution < 1.29 is 4.79 Å². The second kappa shape index (κ2) is 5.10. The maximum Gasteiger partial charge on any atom is 0.127 e. The third-order valence-electron chi connectivity index (χ3n) is 3.78. The van der Waals surface area contributed by atoms with Crippen molar-refractivity contribution in [2.75, 3.05) is 0 Å². The van der Waals surface area contributed by atoms with Crippen molar-refractivity contribution in [1.82, 2.24) is 0 Å². The summed E-state index contributed by atoms with van der Waals surface area (Å²) in [6.45, 7) is 15.5. The van der Waals surface area contributed by atoms with Crippen molar-refractivity contribution in [2.24, 2.45) is 0 Å². The van der Waals surface area contributed by atoms with E-state index in [1.165, 1.54) is 0 Å². The van der Waals surface area contributed by atoms with E-state index in [9.17, 15) is 4.79 Å². The molecule has 2 heteroatoms. The summed E-state index contributed by atoms with van der Waals surface area (Å²) in [6, 6.07) is 0.861. The average molecular weight is 214 g/mol. The van der Waals surface area contributed by atoms with Crippen LogP contribution in [-0.4, -0.2) is 13.9 Å². The summed E-state index contributed by atoms with van der Waals surface area (Å²) in [7, 11) is -1.44. The normalized spacial score (nSPS) is 13.0. The maximum absolute atomic E-state index is 11.4. The van der Waals surface area contributed by atoms with Crippen LogP contribution in [0.1, 0.15) is 48.5 Å². The van der Waals surface area contributed by atoms with Crippen LogP contribution in [0, 0.1) is 0 Å². The van der Waals surface area contributed by atoms with Gasteiger partial charge in [-0.3, -0.25) is 0 Å². The molecule has 0 saturated carbocycles. The number of carbonyl (C=O) groups is 1. The molecule has 0 aromatic heterocycles. The number of carbonyl (C=O) groups excluding carboxylic acids is 1. The first kappa shape index (κ1) is 13.9. The van der Waals surface area contributed by atoms with Crippen molar-refractivity contribution in [1.29, 1.82) is 0 Å². The molecule has 84 valence electrons. The molecule has 0 amide bonds. The molecular weight excluding hydrogens is 188 g/mol. The van der Waals surface area contributed by atoms with Crippen molar-refractivity contribution in [3.05, 3.63) is 0 Å². The van der Waals surface area contributed by atoms with E-state index >= 15 is 0 Å². The first-order valence-corrected chi connectivity index (χ1v) is 8.18. The SMILES string of the molecule is CC(=O)C[Si](C(C)C)(C(C)C)C(C)C. The fourth-order valence-corrected chi connectivity index (χ4v) is 9.13. The van der Waals surface area contributed by atoms with Crippen molar-refractivity contribution in [3.8, 4) is 0 Å². The molecule has 0 aliphatic rings. The zero-order valence-corrected chi connectivity index (χ0v) is 11.8. The molecule has 0 fully saturated rings. The van der Waals surface area contributed by atoms with Gasteiger partial charge in [-0.1, -0.05) is 58.2 Å². The van der Waals surface area contributed by atoms with Gasteiger partial charge < -0.3 is 4.79 Å². The molecular formula is C12H26OSi. The molecule has 1 nitrogen and oxygen atoms in total. The summed E-state index contributed by atoms with van der Waals surface area (Å²) < 4.78 is 0. The lowest BCUT2D eigenvalue weighted by molar-refractivity contribution is -0.115. The van der Waals surface area contributed by atoms with E-state index in [4.69, 9.17) is 0 Å². The molecule has 0 unspecified atom stereocenters. The second-order valence-electron chi connectivity index (χ2n) is 5.46. The smallest absolute Gasteiger partial charge is 0.127 e. The predicted molar refractivity (Wildman–Crippen MR) is 66.5 cm³/mol. The van der Waals surface area contributed by atoms with Gasteiger partial charge in [-0.05, 0) is 6.92 Å². The fourth-order valence-electron chi connectivity index (χ4n) is 3.04. The minimum absolute atomic E-state index is 0.382. The molecule has 0 aromatic rings. The molecule has 0 bridgehead atoms. The summed E-state index contributed by atoms with van der Waals surface area (Å²) in [5.41, 5.74) is 2.10. The first-order chi connectivity index (χ1) is 6.25. The molecule has 0 N–H and O–H groups in total. The van der Waals surface area contributed by atoms with Gasteiger partial charge in [0.2, 0.25) is 0 Å². The molecule has 0 aliphatic carbocycles. The van der Waals surface area contributed by atoms with Crippen LogP contribution in [0.25, 0.3) is 0 Å². The Labute approximate surface area is 90.3 Å². The van der Waals surface area contributed by atoms with Crippen LogP contribution in [0.4, 0.5) is 0 Å². The van der Waals surface area contributed by atoms with Gasteiger partial charge >= 0.3 is 0 Å². The van der Waals surface area contributed by atoms with E-state index in [-0.39, 0.29) is 0 Å². The average Bonchev–Trinajstić information content (AvgIpc) is 1.97. The van der Waals surface area contributed by atoms with Gasteiger partial charge in [-0.15, -0.1) is 0 Å². The molecule has 0 spiro atoms. The van der Waals surface area contributed by atoms with Crippen LogP contribution in [-0.2, 0) is 4.79 Å². The quantitative estimate of drug-likeness (QED) is 0.625. The summed E-state index contributed by atoms with van der Waals surface area (Å²) in [6.07, 6.45) is 0. The van der Waals surface area contributed by atoms with Gasteiger partial charge in [0.15, 0.2) is 0 Å². The molecule has 0 rings (SSSR count). The first-order valence-electron chi connectivity index (χ1n) is 5.74. The van der Waals surface area contributed by atoms with Crippen LogP contribution in [0.2, 0.25) is 22.7 Å². The van der Waals surface area contributed by atoms with Crippen LogP contribution in [0.3, 0.4) is 0 Å². The summed E-state index contributed by atoms with van der Waals surface area (Å²) in [5, 5.41) is 0. The van der Waals surface area contributed by atoms with E-state index in [1.54, 1.807) is 6.92 Å². The lowest BCUT2D eigenvalue weighted by Crippen LogP contribution is -2.45. The molecule has 0 atom stereocenters. The molecule has 0 heterocycles. The lowest BCUT2D eigenvalue weighted by atomic mass is 10.5. The third-order valence-corrected chi connectivity index (χ3v) is 11.3. The van der Waals surface area contributed by atoms with E-state index in [2.05, 4.69) is 41.5 Å². The molecule has 0 aliphatic heterocycles. The minimum atomic E-state index is -1.44. The number of rotatable bonds is 5. The molecule has 0 aromatic carbocycles. The van der Waals surface area contributed by atoms with Crippen molar-refractivity contribution in [2.45, 2.75) is 71.1 Å². The van der Waals surface area contributed by atoms with Gasteiger partial charge in [0.1, 0.15) is 5.78 Å². The van der Waals surface area contributed by atoms with E-state index < -0.39 is 8.07 Å². The molecule has 0 saturated heterocycles. The van der Waals surface area contributed by atoms with E-state index in [1.807, 2.05) is 0 Å². The Kier molecular flexibility index (Phi) is 5.06. The number of hydrogen-bond donors (Lipinski definition) is 0. The van der Waals surface area contributed by atoms with Crippen molar-refractivity contribution in [3.63, 3.8) is 0 Å². The fraction of sp³-hybridized carbons (Fsp3) is 0.917. The minimum Gasteiger partial charge on any atom is -0.300 e. The van der Waals surface area contributed by atoms with Gasteiger partial charge in [0.25, 0.3) is 0 Å². The largest absolute Gasteiger partial charge is 0.300 e. The van der Waals surface area contributed by atoms with E-state index in [0.717, 1.165) is 6.04 Å². The monoisotopic (exact) mass is 214 g/mol. The Morgan fingerprint density at radius 1 is 0.929 bits per heavy atom. The zero-order valence-electron chi connectivity index (χ0n) is 10.8. The summed E-state index contributed by atoms with van der Waals surface area (Å²) >= 11 is 0. The Bertz CT molecular complexity index is 173. The Morgan fingerprint density at radius 2 is 1.21 bits per heavy atom. The van der Waals surface area contributed by atoms with E-state index in [0.29, 0.717) is 22.4 Å². The highest BCUT2D eigenvalue weighted by atomic mass is 28.3. The van der Waals surface area contributed by atoms with Gasteiger partial charge in [-0.25, -0.2) is 0 Å². The molecule has 0 radical (unpaired) electrons. The van der Waals surface area contributed by atoms with Crippen LogP contribution < -0.4 is 0 Å². The standard InChI is InChI=1S/C12H26OSi/c1-9(2)14(10(3)4,11(5)6)8-12(7)13/h9-11H,8H2,1-7H3. The summed E-state index contributed by atoms with van der Waals surface area (Å²) in [5.74, 6) is 0.382. The second-order valence-corrected chi connectivity index (χ2v) is 11.5. The number of ketones is 1. The topological polar surface area (TPSA) is 17.1 Å². The maximum atomic E-state index is 11.4. The highest BCUT2D eigenvalue weighted by Crippen LogP contribution is 2.44. The van der Waals surface area contributed by atoms with Crippen LogP contribution in [0.5, 0.6) is 0 Å². The number of hydrogen-bond acceptors (Lipinski definition) is 1. The molecule has 14 heavy (non-hydrogen) atoms. The Balaban J connectivity index is 5.05. The highest BCUT2D eigenvalue weighted by molar-refractivity contribution is 6.85. The summed E-state index contributed by atoms with van der Waals surface area (Å²) in [4.78, 5) is 11.4. The van der Waals surface area contributed by atoms with Crippen molar-refractivity contribution >= 4 is 13.9 Å². The van der Waals surface area contributed by atoms with Gasteiger partial charge in [0.05, 0.1) is 8.07 Å². The Hall–Kier alpha value is -0.113. The number of Topliss-reactive ketones (excluding diaryl/α,β-unsaturated/α-hetero) is 1. The van der Waals surface area contributed by atoms with Crippen LogP contribution >= 0.6 is 0 Å². The highest BCUT2D eigenvalue weighted by Gasteiger charge is 2.43. The van der Waals surface area contributed by atoms with Gasteiger partial charge in [-0.2, -0.15) is 0 Å². The predicted octanol–water partition coefficient (Wildman–Crippen LogP) is 4.25. The zero-order chi connectivity index (χ0) is 11.5. The third kappa shape index (κ3) is 2.69. The lowest BCUT2D eigenvalue weighted by Gasteiger charge is -2.42. The van der Waals surface area contributed by atoms with Crippen LogP contribution in [0.15, 0.2) is 0 Å².